The number of thioether (sulfide) groups is 1. The highest BCUT2D eigenvalue weighted by atomic mass is 79.9. The second kappa shape index (κ2) is 8.80. The molecule has 3 aromatic carbocycles. The molecule has 0 saturated carbocycles. The van der Waals surface area contributed by atoms with E-state index in [1.54, 1.807) is 23.5 Å². The van der Waals surface area contributed by atoms with Gasteiger partial charge in [0.2, 0.25) is 5.16 Å². The van der Waals surface area contributed by atoms with Crippen LogP contribution in [0.15, 0.2) is 75.4 Å². The lowest BCUT2D eigenvalue weighted by molar-refractivity contribution is 0.415. The van der Waals surface area contributed by atoms with Gasteiger partial charge in [0.05, 0.1) is 13.3 Å². The van der Waals surface area contributed by atoms with Crippen molar-refractivity contribution in [2.45, 2.75) is 17.8 Å². The van der Waals surface area contributed by atoms with E-state index in [1.807, 2.05) is 43.5 Å². The fourth-order valence-corrected chi connectivity index (χ4v) is 4.14. The van der Waals surface area contributed by atoms with Gasteiger partial charge in [-0.25, -0.2) is 0 Å². The average molecular weight is 467 g/mol. The molecule has 1 aromatic heterocycles. The lowest BCUT2D eigenvalue weighted by Crippen LogP contribution is -1.98. The van der Waals surface area contributed by atoms with E-state index < -0.39 is 0 Å². The van der Waals surface area contributed by atoms with E-state index in [1.165, 1.54) is 5.56 Å². The van der Waals surface area contributed by atoms with Crippen molar-refractivity contribution in [3.63, 3.8) is 0 Å². The van der Waals surface area contributed by atoms with Crippen LogP contribution in [0.4, 0.5) is 0 Å². The number of fused-ring (bicyclic) bond motifs is 1. The average Bonchev–Trinajstić information content (AvgIpc) is 3.10. The maximum absolute atomic E-state index is 5.56. The first-order valence-corrected chi connectivity index (χ1v) is 10.8. The molecule has 0 fully saturated rings. The molecule has 0 aliphatic carbocycles. The summed E-state index contributed by atoms with van der Waals surface area (Å²) in [6.07, 6.45) is 1.82. The molecular formula is C22H19BrN4OS. The maximum atomic E-state index is 5.56. The van der Waals surface area contributed by atoms with Gasteiger partial charge < -0.3 is 4.74 Å². The molecule has 0 amide bonds. The van der Waals surface area contributed by atoms with E-state index in [-0.39, 0.29) is 0 Å². The Morgan fingerprint density at radius 1 is 1.07 bits per heavy atom. The van der Waals surface area contributed by atoms with Crippen molar-refractivity contribution < 1.29 is 4.74 Å². The van der Waals surface area contributed by atoms with Gasteiger partial charge in [-0.3, -0.25) is 0 Å². The van der Waals surface area contributed by atoms with Crippen LogP contribution in [0.1, 0.15) is 17.0 Å². The third-order valence-electron chi connectivity index (χ3n) is 4.50. The van der Waals surface area contributed by atoms with Crippen LogP contribution in [0.3, 0.4) is 0 Å². The van der Waals surface area contributed by atoms with E-state index in [9.17, 15) is 0 Å². The Morgan fingerprint density at radius 2 is 1.86 bits per heavy atom. The van der Waals surface area contributed by atoms with Crippen LogP contribution < -0.4 is 4.74 Å². The summed E-state index contributed by atoms with van der Waals surface area (Å²) in [6.45, 7) is 1.90. The van der Waals surface area contributed by atoms with Gasteiger partial charge in [0.25, 0.3) is 0 Å². The number of halogens is 1. The number of hydrogen-bond donors (Lipinski definition) is 0. The van der Waals surface area contributed by atoms with Crippen molar-refractivity contribution in [3.05, 3.63) is 82.1 Å². The van der Waals surface area contributed by atoms with E-state index >= 15 is 0 Å². The number of methoxy groups -OCH3 is 1. The highest BCUT2D eigenvalue weighted by Gasteiger charge is 2.11. The van der Waals surface area contributed by atoms with Crippen molar-refractivity contribution >= 4 is 44.7 Å². The molecule has 4 aromatic rings. The molecule has 1 heterocycles. The first kappa shape index (κ1) is 19.7. The summed E-state index contributed by atoms with van der Waals surface area (Å²) in [4.78, 5) is 0. The molecule has 0 radical (unpaired) electrons. The zero-order valence-electron chi connectivity index (χ0n) is 16.0. The standard InChI is InChI=1S/C22H19BrN4OS/c1-15-25-26-22(29-14-16-7-10-18(23)11-8-16)27(15)24-13-20-19-6-4-3-5-17(19)9-12-21(20)28-2/h3-13H,14H2,1-2H3/b24-13+. The maximum Gasteiger partial charge on any atom is 0.212 e. The van der Waals surface area contributed by atoms with Crippen molar-refractivity contribution in [1.82, 2.24) is 14.9 Å². The molecule has 0 aliphatic rings. The van der Waals surface area contributed by atoms with Gasteiger partial charge in [0, 0.05) is 15.8 Å². The number of ether oxygens (including phenoxy) is 1. The minimum Gasteiger partial charge on any atom is -0.496 e. The van der Waals surface area contributed by atoms with Crippen LogP contribution in [-0.2, 0) is 5.75 Å². The van der Waals surface area contributed by atoms with Gasteiger partial charge in [-0.2, -0.15) is 9.78 Å². The van der Waals surface area contributed by atoms with Gasteiger partial charge >= 0.3 is 0 Å². The van der Waals surface area contributed by atoms with Crippen LogP contribution in [0.2, 0.25) is 0 Å². The number of aryl methyl sites for hydroxylation is 1. The second-order valence-electron chi connectivity index (χ2n) is 6.40. The molecule has 29 heavy (non-hydrogen) atoms. The molecule has 0 aliphatic heterocycles. The van der Waals surface area contributed by atoms with E-state index in [4.69, 9.17) is 4.74 Å². The highest BCUT2D eigenvalue weighted by Crippen LogP contribution is 2.27. The van der Waals surface area contributed by atoms with E-state index in [2.05, 4.69) is 61.6 Å². The smallest absolute Gasteiger partial charge is 0.212 e. The van der Waals surface area contributed by atoms with Crippen molar-refractivity contribution in [3.8, 4) is 5.75 Å². The van der Waals surface area contributed by atoms with Crippen molar-refractivity contribution in [2.24, 2.45) is 5.10 Å². The largest absolute Gasteiger partial charge is 0.496 e. The minimum absolute atomic E-state index is 0.735. The third kappa shape index (κ3) is 4.36. The molecule has 4 rings (SSSR count). The van der Waals surface area contributed by atoms with Gasteiger partial charge in [-0.15, -0.1) is 10.2 Å². The van der Waals surface area contributed by atoms with Crippen LogP contribution in [0, 0.1) is 6.92 Å². The fourth-order valence-electron chi connectivity index (χ4n) is 2.99. The highest BCUT2D eigenvalue weighted by molar-refractivity contribution is 9.10. The number of benzene rings is 3. The molecular weight excluding hydrogens is 448 g/mol. The Bertz CT molecular complexity index is 1170. The SMILES string of the molecule is COc1ccc2ccccc2c1/C=N/n1c(C)nnc1SCc1ccc(Br)cc1. The topological polar surface area (TPSA) is 52.3 Å². The molecule has 5 nitrogen and oxygen atoms in total. The Morgan fingerprint density at radius 3 is 2.66 bits per heavy atom. The first-order valence-electron chi connectivity index (χ1n) is 9.05. The summed E-state index contributed by atoms with van der Waals surface area (Å²) < 4.78 is 8.40. The van der Waals surface area contributed by atoms with Gasteiger partial charge in [-0.1, -0.05) is 70.2 Å². The molecule has 0 N–H and O–H groups in total. The number of nitrogens with zero attached hydrogens (tertiary/aromatic N) is 4. The summed E-state index contributed by atoms with van der Waals surface area (Å²) in [6, 6.07) is 20.5. The predicted octanol–water partition coefficient (Wildman–Crippen LogP) is 5.69. The molecule has 0 bridgehead atoms. The fraction of sp³-hybridized carbons (Fsp3) is 0.136. The zero-order valence-corrected chi connectivity index (χ0v) is 18.4. The Labute approximate surface area is 181 Å². The molecule has 0 unspecified atom stereocenters. The Hall–Kier alpha value is -2.64. The number of hydrogen-bond acceptors (Lipinski definition) is 5. The van der Waals surface area contributed by atoms with Crippen LogP contribution in [0.25, 0.3) is 10.8 Å². The third-order valence-corrected chi connectivity index (χ3v) is 6.02. The molecule has 0 atom stereocenters. The lowest BCUT2D eigenvalue weighted by atomic mass is 10.0. The summed E-state index contributed by atoms with van der Waals surface area (Å²) in [5.41, 5.74) is 2.15. The Kier molecular flexibility index (Phi) is 5.97. The van der Waals surface area contributed by atoms with Crippen molar-refractivity contribution in [1.29, 1.82) is 0 Å². The number of rotatable bonds is 6. The second-order valence-corrected chi connectivity index (χ2v) is 8.26. The van der Waals surface area contributed by atoms with Crippen molar-refractivity contribution in [2.75, 3.05) is 7.11 Å². The Balaban J connectivity index is 1.63. The van der Waals surface area contributed by atoms with Crippen LogP contribution in [-0.4, -0.2) is 28.2 Å². The molecule has 0 spiro atoms. The first-order chi connectivity index (χ1) is 14.2. The summed E-state index contributed by atoms with van der Waals surface area (Å²) in [7, 11) is 1.67. The lowest BCUT2D eigenvalue weighted by Gasteiger charge is -2.09. The normalized spacial score (nSPS) is 11.4. The quantitative estimate of drug-likeness (QED) is 0.270. The molecule has 7 heteroatoms. The zero-order chi connectivity index (χ0) is 20.2. The number of aromatic nitrogens is 3. The summed E-state index contributed by atoms with van der Waals surface area (Å²) >= 11 is 5.07. The molecule has 0 saturated heterocycles. The van der Waals surface area contributed by atoms with E-state index in [0.29, 0.717) is 0 Å². The van der Waals surface area contributed by atoms with Gasteiger partial charge in [0.1, 0.15) is 5.75 Å². The van der Waals surface area contributed by atoms with Gasteiger partial charge in [-0.05, 0) is 41.5 Å². The monoisotopic (exact) mass is 466 g/mol. The van der Waals surface area contributed by atoms with E-state index in [0.717, 1.165) is 43.3 Å². The van der Waals surface area contributed by atoms with Crippen LogP contribution in [0.5, 0.6) is 5.75 Å². The predicted molar refractivity (Wildman–Crippen MR) is 122 cm³/mol. The van der Waals surface area contributed by atoms with Crippen LogP contribution >= 0.6 is 27.7 Å². The summed E-state index contributed by atoms with van der Waals surface area (Å²) in [5, 5.41) is 16.1. The van der Waals surface area contributed by atoms with Gasteiger partial charge in [0.15, 0.2) is 5.82 Å². The minimum atomic E-state index is 0.735. The molecule has 146 valence electrons. The summed E-state index contributed by atoms with van der Waals surface area (Å²) in [5.74, 6) is 2.31.